The molecule has 0 aromatic carbocycles. The second-order valence-corrected chi connectivity index (χ2v) is 8.62. The van der Waals surface area contributed by atoms with Gasteiger partial charge in [0.1, 0.15) is 6.61 Å². The predicted molar refractivity (Wildman–Crippen MR) is 110 cm³/mol. The maximum atomic E-state index is 12.9. The van der Waals surface area contributed by atoms with Gasteiger partial charge in [0.25, 0.3) is 5.91 Å². The molecule has 0 radical (unpaired) electrons. The summed E-state index contributed by atoms with van der Waals surface area (Å²) in [6, 6.07) is 1.96. The standard InChI is InChI=1S/C22H33N3O4/c1-22(2,21(27)23-3)10-12-25-20(26)18-19(17(9-11-24-18)15-7-8-15)29-14-16-6-4-5-13-28-16/h9,11,15-16H,4-8,10,12-14H2,1-3H3,(H,23,27)(H,25,26)/t16-/m0/s1. The highest BCUT2D eigenvalue weighted by molar-refractivity contribution is 5.95. The molecule has 3 rings (SSSR count). The summed E-state index contributed by atoms with van der Waals surface area (Å²) in [6.07, 6.45) is 7.73. The van der Waals surface area contributed by atoms with E-state index in [2.05, 4.69) is 15.6 Å². The van der Waals surface area contributed by atoms with Gasteiger partial charge in [0.2, 0.25) is 5.91 Å². The number of hydrogen-bond acceptors (Lipinski definition) is 5. The van der Waals surface area contributed by atoms with Gasteiger partial charge in [0, 0.05) is 37.4 Å². The summed E-state index contributed by atoms with van der Waals surface area (Å²) in [5, 5.41) is 5.57. The lowest BCUT2D eigenvalue weighted by molar-refractivity contribution is -0.129. The summed E-state index contributed by atoms with van der Waals surface area (Å²) in [5.41, 5.74) is 0.831. The second-order valence-electron chi connectivity index (χ2n) is 8.62. The molecular formula is C22H33N3O4. The van der Waals surface area contributed by atoms with E-state index in [0.29, 0.717) is 36.9 Å². The number of amides is 2. The number of rotatable bonds is 9. The van der Waals surface area contributed by atoms with Gasteiger partial charge in [-0.15, -0.1) is 0 Å². The number of carbonyl (C=O) groups excluding carboxylic acids is 2. The van der Waals surface area contributed by atoms with Crippen molar-refractivity contribution in [2.75, 3.05) is 26.8 Å². The number of nitrogens with zero attached hydrogens (tertiary/aromatic N) is 1. The van der Waals surface area contributed by atoms with Gasteiger partial charge >= 0.3 is 0 Å². The Hall–Kier alpha value is -2.15. The molecule has 2 N–H and O–H groups in total. The van der Waals surface area contributed by atoms with Gasteiger partial charge in [0.15, 0.2) is 11.4 Å². The molecule has 2 aliphatic rings. The number of carbonyl (C=O) groups is 2. The van der Waals surface area contributed by atoms with Crippen LogP contribution in [0.1, 0.15) is 74.3 Å². The van der Waals surface area contributed by atoms with Crippen LogP contribution < -0.4 is 15.4 Å². The van der Waals surface area contributed by atoms with Crippen molar-refractivity contribution in [1.82, 2.24) is 15.6 Å². The molecule has 0 spiro atoms. The zero-order valence-electron chi connectivity index (χ0n) is 17.8. The fraction of sp³-hybridized carbons (Fsp3) is 0.682. The highest BCUT2D eigenvalue weighted by Crippen LogP contribution is 2.45. The number of nitrogens with one attached hydrogen (secondary N) is 2. The van der Waals surface area contributed by atoms with Gasteiger partial charge in [-0.05, 0) is 50.5 Å². The van der Waals surface area contributed by atoms with Crippen LogP contribution in [0.15, 0.2) is 12.3 Å². The Bertz CT molecular complexity index is 725. The summed E-state index contributed by atoms with van der Waals surface area (Å²) in [4.78, 5) is 29.1. The summed E-state index contributed by atoms with van der Waals surface area (Å²) >= 11 is 0. The highest BCUT2D eigenvalue weighted by Gasteiger charge is 2.31. The first kappa shape index (κ1) is 21.6. The van der Waals surface area contributed by atoms with Crippen LogP contribution in [0, 0.1) is 5.41 Å². The zero-order valence-corrected chi connectivity index (χ0v) is 17.8. The molecule has 0 unspecified atom stereocenters. The Morgan fingerprint density at radius 2 is 2.07 bits per heavy atom. The third-order valence-corrected chi connectivity index (χ3v) is 5.73. The third kappa shape index (κ3) is 5.69. The molecule has 1 aromatic rings. The van der Waals surface area contributed by atoms with Gasteiger partial charge in [-0.2, -0.15) is 0 Å². The number of ether oxygens (including phenoxy) is 2. The minimum atomic E-state index is -0.553. The van der Waals surface area contributed by atoms with Crippen LogP contribution >= 0.6 is 0 Å². The lowest BCUT2D eigenvalue weighted by Gasteiger charge is -2.24. The van der Waals surface area contributed by atoms with Crippen molar-refractivity contribution < 1.29 is 19.1 Å². The van der Waals surface area contributed by atoms with Crippen LogP contribution in [0.25, 0.3) is 0 Å². The van der Waals surface area contributed by atoms with E-state index in [-0.39, 0.29) is 17.9 Å². The van der Waals surface area contributed by atoms with Crippen molar-refractivity contribution in [3.05, 3.63) is 23.5 Å². The molecule has 1 aliphatic carbocycles. The van der Waals surface area contributed by atoms with E-state index in [1.165, 1.54) is 0 Å². The van der Waals surface area contributed by atoms with Crippen LogP contribution in [0.2, 0.25) is 0 Å². The highest BCUT2D eigenvalue weighted by atomic mass is 16.5. The average molecular weight is 404 g/mol. The van der Waals surface area contributed by atoms with Crippen LogP contribution in [0.3, 0.4) is 0 Å². The van der Waals surface area contributed by atoms with Crippen molar-refractivity contribution in [3.8, 4) is 5.75 Å². The first-order valence-electron chi connectivity index (χ1n) is 10.7. The fourth-order valence-electron chi connectivity index (χ4n) is 3.63. The Balaban J connectivity index is 1.66. The quantitative estimate of drug-likeness (QED) is 0.662. The van der Waals surface area contributed by atoms with Gasteiger partial charge in [-0.1, -0.05) is 13.8 Å². The van der Waals surface area contributed by atoms with Crippen molar-refractivity contribution in [2.24, 2.45) is 5.41 Å². The lowest BCUT2D eigenvalue weighted by Crippen LogP contribution is -2.38. The predicted octanol–water partition coefficient (Wildman–Crippen LogP) is 2.80. The van der Waals surface area contributed by atoms with Gasteiger partial charge < -0.3 is 20.1 Å². The normalized spacial score (nSPS) is 19.5. The lowest BCUT2D eigenvalue weighted by atomic mass is 9.88. The first-order valence-corrected chi connectivity index (χ1v) is 10.7. The monoisotopic (exact) mass is 403 g/mol. The maximum absolute atomic E-state index is 12.9. The van der Waals surface area contributed by atoms with E-state index in [1.807, 2.05) is 19.9 Å². The summed E-state index contributed by atoms with van der Waals surface area (Å²) in [7, 11) is 1.62. The smallest absolute Gasteiger partial charge is 0.273 e. The van der Waals surface area contributed by atoms with Gasteiger partial charge in [0.05, 0.1) is 6.10 Å². The molecule has 1 atom stereocenters. The molecule has 1 aromatic heterocycles. The molecule has 1 aliphatic heterocycles. The minimum Gasteiger partial charge on any atom is -0.488 e. The summed E-state index contributed by atoms with van der Waals surface area (Å²) < 4.78 is 11.9. The topological polar surface area (TPSA) is 89.6 Å². The van der Waals surface area contributed by atoms with Crippen LogP contribution in [-0.2, 0) is 9.53 Å². The van der Waals surface area contributed by atoms with Crippen molar-refractivity contribution in [1.29, 1.82) is 0 Å². The van der Waals surface area contributed by atoms with Crippen LogP contribution in [-0.4, -0.2) is 49.7 Å². The average Bonchev–Trinajstić information content (AvgIpc) is 3.57. The maximum Gasteiger partial charge on any atom is 0.273 e. The van der Waals surface area contributed by atoms with E-state index in [4.69, 9.17) is 9.47 Å². The SMILES string of the molecule is CNC(=O)C(C)(C)CCNC(=O)c1nccc(C2CC2)c1OC[C@@H]1CCCCO1. The van der Waals surface area contributed by atoms with E-state index in [0.717, 1.165) is 44.3 Å². The Labute approximate surface area is 172 Å². The van der Waals surface area contributed by atoms with Crippen LogP contribution in [0.5, 0.6) is 5.75 Å². The Morgan fingerprint density at radius 3 is 2.72 bits per heavy atom. The molecule has 2 fully saturated rings. The number of pyridine rings is 1. The largest absolute Gasteiger partial charge is 0.488 e. The molecular weight excluding hydrogens is 370 g/mol. The summed E-state index contributed by atoms with van der Waals surface area (Å²) in [6.45, 7) is 5.32. The van der Waals surface area contributed by atoms with Crippen molar-refractivity contribution in [3.63, 3.8) is 0 Å². The molecule has 160 valence electrons. The third-order valence-electron chi connectivity index (χ3n) is 5.73. The van der Waals surface area contributed by atoms with Gasteiger partial charge in [-0.25, -0.2) is 4.98 Å². The molecule has 1 saturated carbocycles. The number of hydrogen-bond donors (Lipinski definition) is 2. The van der Waals surface area contributed by atoms with E-state index in [1.54, 1.807) is 13.2 Å². The molecule has 29 heavy (non-hydrogen) atoms. The van der Waals surface area contributed by atoms with Gasteiger partial charge in [-0.3, -0.25) is 9.59 Å². The zero-order chi connectivity index (χ0) is 20.9. The van der Waals surface area contributed by atoms with E-state index < -0.39 is 5.41 Å². The molecule has 7 nitrogen and oxygen atoms in total. The van der Waals surface area contributed by atoms with Crippen molar-refractivity contribution in [2.45, 2.75) is 64.4 Å². The van der Waals surface area contributed by atoms with Crippen molar-refractivity contribution >= 4 is 11.8 Å². The molecule has 7 heteroatoms. The Kier molecular flexibility index (Phi) is 7.11. The van der Waals surface area contributed by atoms with E-state index in [9.17, 15) is 9.59 Å². The molecule has 1 saturated heterocycles. The second kappa shape index (κ2) is 9.57. The first-order chi connectivity index (χ1) is 13.9. The molecule has 0 bridgehead atoms. The molecule has 2 amide bonds. The number of aromatic nitrogens is 1. The fourth-order valence-corrected chi connectivity index (χ4v) is 3.63. The van der Waals surface area contributed by atoms with Crippen LogP contribution in [0.4, 0.5) is 0 Å². The minimum absolute atomic E-state index is 0.0443. The summed E-state index contributed by atoms with van der Waals surface area (Å²) in [5.74, 6) is 0.725. The Morgan fingerprint density at radius 1 is 1.28 bits per heavy atom. The molecule has 2 heterocycles. The van der Waals surface area contributed by atoms with E-state index >= 15 is 0 Å².